The molecule has 1 aromatic heterocycles. The van der Waals surface area contributed by atoms with E-state index in [2.05, 4.69) is 23.1 Å². The Morgan fingerprint density at radius 1 is 1.18 bits per heavy atom. The van der Waals surface area contributed by atoms with E-state index in [0.717, 1.165) is 12.5 Å². The van der Waals surface area contributed by atoms with Crippen molar-refractivity contribution in [1.82, 2.24) is 15.1 Å². The molecule has 2 aliphatic rings. The number of hydrogen-bond donors (Lipinski definition) is 1. The van der Waals surface area contributed by atoms with Crippen molar-refractivity contribution < 1.29 is 0 Å². The Bertz CT molecular complexity index is 371. The van der Waals surface area contributed by atoms with Crippen LogP contribution in [0.4, 0.5) is 0 Å². The number of nitrogens with one attached hydrogen (secondary N) is 1. The zero-order chi connectivity index (χ0) is 11.7. The normalized spacial score (nSPS) is 26.5. The molecule has 1 unspecified atom stereocenters. The van der Waals surface area contributed by atoms with Crippen LogP contribution in [0.25, 0.3) is 0 Å². The molecule has 3 nitrogen and oxygen atoms in total. The molecule has 1 saturated heterocycles. The molecule has 3 rings (SSSR count). The smallest absolute Gasteiger partial charge is 0.0658 e. The average molecular weight is 233 g/mol. The molecule has 2 fully saturated rings. The van der Waals surface area contributed by atoms with Gasteiger partial charge in [-0.2, -0.15) is 5.10 Å². The quantitative estimate of drug-likeness (QED) is 0.850. The van der Waals surface area contributed by atoms with E-state index in [9.17, 15) is 0 Å². The SMILES string of the molecule is Cn1nc(C2CCCC2)cc1C1CCCNC1. The van der Waals surface area contributed by atoms with Crippen LogP contribution in [0.5, 0.6) is 0 Å². The van der Waals surface area contributed by atoms with E-state index in [1.165, 1.54) is 56.5 Å². The van der Waals surface area contributed by atoms with Gasteiger partial charge in [0.2, 0.25) is 0 Å². The van der Waals surface area contributed by atoms with Crippen LogP contribution in [-0.2, 0) is 7.05 Å². The molecule has 0 amide bonds. The molecule has 1 aromatic rings. The van der Waals surface area contributed by atoms with Gasteiger partial charge in [0.25, 0.3) is 0 Å². The second kappa shape index (κ2) is 4.81. The van der Waals surface area contributed by atoms with Gasteiger partial charge in [-0.1, -0.05) is 12.8 Å². The van der Waals surface area contributed by atoms with Crippen LogP contribution in [0, 0.1) is 0 Å². The summed E-state index contributed by atoms with van der Waals surface area (Å²) in [5, 5.41) is 8.25. The number of aryl methyl sites for hydroxylation is 1. The fourth-order valence-electron chi connectivity index (χ4n) is 3.41. The monoisotopic (exact) mass is 233 g/mol. The minimum atomic E-state index is 0.677. The summed E-state index contributed by atoms with van der Waals surface area (Å²) in [6.45, 7) is 2.31. The maximum Gasteiger partial charge on any atom is 0.0658 e. The molecule has 17 heavy (non-hydrogen) atoms. The minimum absolute atomic E-state index is 0.677. The van der Waals surface area contributed by atoms with Gasteiger partial charge in [0.05, 0.1) is 5.69 Å². The maximum absolute atomic E-state index is 4.76. The van der Waals surface area contributed by atoms with Crippen LogP contribution in [0.3, 0.4) is 0 Å². The van der Waals surface area contributed by atoms with Crippen molar-refractivity contribution in [3.8, 4) is 0 Å². The highest BCUT2D eigenvalue weighted by atomic mass is 15.3. The van der Waals surface area contributed by atoms with E-state index in [0.29, 0.717) is 5.92 Å². The van der Waals surface area contributed by atoms with E-state index < -0.39 is 0 Å². The Balaban J connectivity index is 1.79. The lowest BCUT2D eigenvalue weighted by atomic mass is 9.94. The molecule has 1 aliphatic carbocycles. The third-order valence-electron chi connectivity index (χ3n) is 4.42. The fourth-order valence-corrected chi connectivity index (χ4v) is 3.41. The lowest BCUT2D eigenvalue weighted by molar-refractivity contribution is 0.441. The van der Waals surface area contributed by atoms with E-state index in [4.69, 9.17) is 5.10 Å². The van der Waals surface area contributed by atoms with Gasteiger partial charge in [0.15, 0.2) is 0 Å². The van der Waals surface area contributed by atoms with Crippen LogP contribution in [-0.4, -0.2) is 22.9 Å². The number of nitrogens with zero attached hydrogens (tertiary/aromatic N) is 2. The van der Waals surface area contributed by atoms with Crippen LogP contribution < -0.4 is 5.32 Å². The predicted octanol–water partition coefficient (Wildman–Crippen LogP) is 2.54. The van der Waals surface area contributed by atoms with Crippen molar-refractivity contribution in [2.24, 2.45) is 7.05 Å². The highest BCUT2D eigenvalue weighted by Crippen LogP contribution is 2.35. The first-order chi connectivity index (χ1) is 8.34. The number of piperidine rings is 1. The van der Waals surface area contributed by atoms with Crippen LogP contribution in [0.2, 0.25) is 0 Å². The maximum atomic E-state index is 4.76. The van der Waals surface area contributed by atoms with Gasteiger partial charge in [-0.15, -0.1) is 0 Å². The van der Waals surface area contributed by atoms with Crippen molar-refractivity contribution >= 4 is 0 Å². The van der Waals surface area contributed by atoms with Crippen LogP contribution in [0.15, 0.2) is 6.07 Å². The summed E-state index contributed by atoms with van der Waals surface area (Å²) in [6.07, 6.45) is 8.09. The zero-order valence-electron chi connectivity index (χ0n) is 10.8. The standard InChI is InChI=1S/C14H23N3/c1-17-14(12-7-4-8-15-10-12)9-13(16-17)11-5-2-3-6-11/h9,11-12,15H,2-8,10H2,1H3. The molecule has 1 aliphatic heterocycles. The Morgan fingerprint density at radius 2 is 1.94 bits per heavy atom. The molecule has 0 spiro atoms. The second-order valence-corrected chi connectivity index (χ2v) is 5.64. The predicted molar refractivity (Wildman–Crippen MR) is 69.3 cm³/mol. The van der Waals surface area contributed by atoms with Crippen LogP contribution in [0.1, 0.15) is 61.7 Å². The third kappa shape index (κ3) is 2.25. The van der Waals surface area contributed by atoms with Gasteiger partial charge >= 0.3 is 0 Å². The molecule has 1 saturated carbocycles. The van der Waals surface area contributed by atoms with Crippen molar-refractivity contribution in [3.63, 3.8) is 0 Å². The molecule has 1 atom stereocenters. The molecule has 2 heterocycles. The number of aromatic nitrogens is 2. The van der Waals surface area contributed by atoms with Crippen molar-refractivity contribution in [2.75, 3.05) is 13.1 Å². The first-order valence-electron chi connectivity index (χ1n) is 7.09. The lowest BCUT2D eigenvalue weighted by Gasteiger charge is -2.22. The summed E-state index contributed by atoms with van der Waals surface area (Å²) in [4.78, 5) is 0. The summed E-state index contributed by atoms with van der Waals surface area (Å²) in [7, 11) is 2.11. The molecular formula is C14H23N3. The molecule has 94 valence electrons. The summed E-state index contributed by atoms with van der Waals surface area (Å²) in [5.74, 6) is 1.42. The minimum Gasteiger partial charge on any atom is -0.316 e. The summed E-state index contributed by atoms with van der Waals surface area (Å²) < 4.78 is 2.13. The zero-order valence-corrected chi connectivity index (χ0v) is 10.8. The Labute approximate surface area is 104 Å². The second-order valence-electron chi connectivity index (χ2n) is 5.64. The van der Waals surface area contributed by atoms with Crippen LogP contribution >= 0.6 is 0 Å². The van der Waals surface area contributed by atoms with Gasteiger partial charge in [0, 0.05) is 31.1 Å². The van der Waals surface area contributed by atoms with Crippen molar-refractivity contribution in [3.05, 3.63) is 17.5 Å². The fraction of sp³-hybridized carbons (Fsp3) is 0.786. The molecule has 0 bridgehead atoms. The number of hydrogen-bond acceptors (Lipinski definition) is 2. The van der Waals surface area contributed by atoms with Gasteiger partial charge < -0.3 is 5.32 Å². The van der Waals surface area contributed by atoms with Gasteiger partial charge in [-0.25, -0.2) is 0 Å². The molecule has 1 N–H and O–H groups in total. The summed E-state index contributed by atoms with van der Waals surface area (Å²) >= 11 is 0. The van der Waals surface area contributed by atoms with Crippen molar-refractivity contribution in [2.45, 2.75) is 50.4 Å². The number of rotatable bonds is 2. The molecule has 0 aromatic carbocycles. The largest absolute Gasteiger partial charge is 0.316 e. The van der Waals surface area contributed by atoms with Gasteiger partial charge in [0.1, 0.15) is 0 Å². The van der Waals surface area contributed by atoms with E-state index >= 15 is 0 Å². The highest BCUT2D eigenvalue weighted by Gasteiger charge is 2.24. The molecular weight excluding hydrogens is 210 g/mol. The third-order valence-corrected chi connectivity index (χ3v) is 4.42. The molecule has 0 radical (unpaired) electrons. The first-order valence-corrected chi connectivity index (χ1v) is 7.09. The van der Waals surface area contributed by atoms with E-state index in [-0.39, 0.29) is 0 Å². The lowest BCUT2D eigenvalue weighted by Crippen LogP contribution is -2.29. The van der Waals surface area contributed by atoms with Gasteiger partial charge in [-0.3, -0.25) is 4.68 Å². The van der Waals surface area contributed by atoms with Crippen molar-refractivity contribution in [1.29, 1.82) is 0 Å². The average Bonchev–Trinajstić information content (AvgIpc) is 2.99. The Kier molecular flexibility index (Phi) is 3.19. The Morgan fingerprint density at radius 3 is 2.65 bits per heavy atom. The topological polar surface area (TPSA) is 29.9 Å². The highest BCUT2D eigenvalue weighted by molar-refractivity contribution is 5.19. The Hall–Kier alpha value is -0.830. The summed E-state index contributed by atoms with van der Waals surface area (Å²) in [6, 6.07) is 2.38. The van der Waals surface area contributed by atoms with E-state index in [1.54, 1.807) is 0 Å². The molecule has 3 heteroatoms. The van der Waals surface area contributed by atoms with E-state index in [1.807, 2.05) is 0 Å². The first kappa shape index (κ1) is 11.3. The summed E-state index contributed by atoms with van der Waals surface area (Å²) in [5.41, 5.74) is 2.80. The van der Waals surface area contributed by atoms with Gasteiger partial charge in [-0.05, 0) is 38.3 Å².